The van der Waals surface area contributed by atoms with E-state index < -0.39 is 47.9 Å². The van der Waals surface area contributed by atoms with Crippen molar-refractivity contribution in [2.45, 2.75) is 121 Å². The van der Waals surface area contributed by atoms with Crippen molar-refractivity contribution >= 4 is 29.6 Å². The summed E-state index contributed by atoms with van der Waals surface area (Å²) >= 11 is 0. The van der Waals surface area contributed by atoms with Crippen molar-refractivity contribution in [2.24, 2.45) is 5.73 Å². The lowest BCUT2D eigenvalue weighted by molar-refractivity contribution is -0.142. The number of nitrogens with zero attached hydrogens (tertiary/aromatic N) is 2. The Morgan fingerprint density at radius 3 is 1.96 bits per heavy atom. The summed E-state index contributed by atoms with van der Waals surface area (Å²) in [5.74, 6) is -2.57. The molecule has 5 aromatic rings. The van der Waals surface area contributed by atoms with Gasteiger partial charge >= 0.3 is 5.97 Å². The number of aromatic nitrogens is 2. The number of aryl methyl sites for hydroxylation is 1. The van der Waals surface area contributed by atoms with Crippen LogP contribution in [0.5, 0.6) is 11.5 Å². The van der Waals surface area contributed by atoms with Crippen molar-refractivity contribution in [3.05, 3.63) is 149 Å². The summed E-state index contributed by atoms with van der Waals surface area (Å²) in [5, 5.41) is 31.0. The molecule has 0 aliphatic rings. The van der Waals surface area contributed by atoms with E-state index in [1.807, 2.05) is 96.6 Å². The van der Waals surface area contributed by atoms with Crippen LogP contribution in [0, 0.1) is 6.92 Å². The number of benzene rings is 4. The van der Waals surface area contributed by atoms with Crippen molar-refractivity contribution in [2.75, 3.05) is 13.7 Å². The van der Waals surface area contributed by atoms with Gasteiger partial charge < -0.3 is 46.5 Å². The number of aromatic hydroxyl groups is 1. The summed E-state index contributed by atoms with van der Waals surface area (Å²) in [5.41, 5.74) is 11.4. The molecule has 4 aromatic carbocycles. The summed E-state index contributed by atoms with van der Waals surface area (Å²) in [4.78, 5) is 71.8. The molecule has 0 saturated carbocycles. The quantitative estimate of drug-likeness (QED) is 0.0286. The van der Waals surface area contributed by atoms with Crippen LogP contribution in [0.2, 0.25) is 0 Å². The fraction of sp³-hybridized carbons (Fsp3) is 0.396. The number of hydrogen-bond donors (Lipinski definition) is 7. The standard InChI is InChI=1S/C53H67N7O8/c1-4-5-6-7-11-17-48(62)55-30-13-12-16-45(51(64)58-46(31-37-20-18-36(2)19-21-37)52(65)59-47(53(66)67)32-38-22-26-42(61)27-23-38)57-50(63)44(54)33-41-34-60(35-56-41)49(39-14-9-8-10-15-39)40-24-28-43(68-3)29-25-40/h8-10,14-15,18-29,34-35,44-47,49,61H,4-7,11-13,16-17,30-33,54H2,1-3H3,(H,55,62)(H,57,63)(H,58,64)(H,59,65)(H,66,67)/t44-,45-,46+,47-,49?/m0/s1. The lowest BCUT2D eigenvalue weighted by atomic mass is 9.98. The highest BCUT2D eigenvalue weighted by atomic mass is 16.5. The van der Waals surface area contributed by atoms with Crippen molar-refractivity contribution in [3.63, 3.8) is 0 Å². The largest absolute Gasteiger partial charge is 0.508 e. The summed E-state index contributed by atoms with van der Waals surface area (Å²) in [6, 6.07) is 26.0. The minimum Gasteiger partial charge on any atom is -0.508 e. The van der Waals surface area contributed by atoms with Crippen LogP contribution in [0.4, 0.5) is 0 Å². The van der Waals surface area contributed by atoms with Crippen LogP contribution in [-0.2, 0) is 43.2 Å². The minimum atomic E-state index is -1.35. The fourth-order valence-corrected chi connectivity index (χ4v) is 7.91. The van der Waals surface area contributed by atoms with E-state index in [1.54, 1.807) is 25.6 Å². The van der Waals surface area contributed by atoms with Gasteiger partial charge in [-0.2, -0.15) is 0 Å². The van der Waals surface area contributed by atoms with Crippen LogP contribution in [0.15, 0.2) is 116 Å². The highest BCUT2D eigenvalue weighted by molar-refractivity contribution is 5.94. The van der Waals surface area contributed by atoms with Crippen LogP contribution >= 0.6 is 0 Å². The number of ether oxygens (including phenoxy) is 1. The van der Waals surface area contributed by atoms with Gasteiger partial charge in [-0.3, -0.25) is 19.2 Å². The Morgan fingerprint density at radius 1 is 0.691 bits per heavy atom. The molecular formula is C53H67N7O8. The maximum Gasteiger partial charge on any atom is 0.326 e. The van der Waals surface area contributed by atoms with Gasteiger partial charge in [0, 0.05) is 38.4 Å². The van der Waals surface area contributed by atoms with E-state index in [2.05, 4.69) is 33.2 Å². The number of carboxylic acid groups (broad SMARTS) is 1. The van der Waals surface area contributed by atoms with Gasteiger partial charge in [0.25, 0.3) is 0 Å². The molecule has 15 heteroatoms. The molecule has 5 atom stereocenters. The number of carboxylic acids is 1. The van der Waals surface area contributed by atoms with Gasteiger partial charge in [-0.25, -0.2) is 9.78 Å². The Labute approximate surface area is 399 Å². The van der Waals surface area contributed by atoms with Crippen molar-refractivity contribution in [3.8, 4) is 11.5 Å². The second-order valence-corrected chi connectivity index (χ2v) is 17.3. The number of nitrogens with two attached hydrogens (primary N) is 1. The van der Waals surface area contributed by atoms with Crippen LogP contribution in [-0.4, -0.2) is 87.2 Å². The van der Waals surface area contributed by atoms with Crippen molar-refractivity contribution < 1.29 is 38.9 Å². The first-order valence-corrected chi connectivity index (χ1v) is 23.5. The predicted molar refractivity (Wildman–Crippen MR) is 261 cm³/mol. The van der Waals surface area contributed by atoms with Gasteiger partial charge in [0.2, 0.25) is 23.6 Å². The van der Waals surface area contributed by atoms with Crippen molar-refractivity contribution in [1.29, 1.82) is 0 Å². The van der Waals surface area contributed by atoms with Gasteiger partial charge in [0.15, 0.2) is 0 Å². The molecule has 0 fully saturated rings. The maximum absolute atomic E-state index is 14.3. The van der Waals surface area contributed by atoms with Crippen LogP contribution < -0.4 is 31.7 Å². The van der Waals surface area contributed by atoms with Crippen LogP contribution in [0.25, 0.3) is 0 Å². The molecule has 5 rings (SSSR count). The lowest BCUT2D eigenvalue weighted by Gasteiger charge is -2.25. The zero-order valence-electron chi connectivity index (χ0n) is 39.4. The van der Waals surface area contributed by atoms with E-state index in [1.165, 1.54) is 12.1 Å². The number of nitrogens with one attached hydrogen (secondary N) is 4. The van der Waals surface area contributed by atoms with Gasteiger partial charge in [-0.1, -0.05) is 117 Å². The molecule has 0 bridgehead atoms. The van der Waals surface area contributed by atoms with E-state index in [0.29, 0.717) is 42.6 Å². The number of phenols is 1. The Bertz CT molecular complexity index is 2350. The minimum absolute atomic E-state index is 0.0135. The first-order chi connectivity index (χ1) is 32.8. The maximum atomic E-state index is 14.3. The molecule has 0 aliphatic carbocycles. The second kappa shape index (κ2) is 27.0. The van der Waals surface area contributed by atoms with E-state index in [4.69, 9.17) is 10.5 Å². The molecule has 1 heterocycles. The molecule has 4 amide bonds. The van der Waals surface area contributed by atoms with Gasteiger partial charge in [-0.15, -0.1) is 0 Å². The highest BCUT2D eigenvalue weighted by Crippen LogP contribution is 2.28. The lowest BCUT2D eigenvalue weighted by Crippen LogP contribution is -2.58. The smallest absolute Gasteiger partial charge is 0.326 e. The summed E-state index contributed by atoms with van der Waals surface area (Å²) in [6.45, 7) is 4.45. The first-order valence-electron chi connectivity index (χ1n) is 23.5. The van der Waals surface area contributed by atoms with E-state index >= 15 is 0 Å². The van der Waals surface area contributed by atoms with Gasteiger partial charge in [-0.05, 0) is 79.1 Å². The molecule has 0 saturated heterocycles. The normalized spacial score (nSPS) is 13.3. The molecule has 0 aliphatic heterocycles. The molecule has 15 nitrogen and oxygen atoms in total. The van der Waals surface area contributed by atoms with Crippen LogP contribution in [0.1, 0.15) is 104 Å². The Kier molecular flexibility index (Phi) is 20.6. The number of aliphatic carboxylic acids is 1. The molecule has 0 spiro atoms. The van der Waals surface area contributed by atoms with Gasteiger partial charge in [0.1, 0.15) is 29.6 Å². The summed E-state index contributed by atoms with van der Waals surface area (Å²) in [6.07, 6.45) is 10.3. The zero-order valence-corrected chi connectivity index (χ0v) is 39.4. The number of carbonyl (C=O) groups is 5. The SMILES string of the molecule is CCCCCCCC(=O)NCCCC[C@H](NC(=O)[C@@H](N)Cc1cn(C(c2ccccc2)c2ccc(OC)cc2)cn1)C(=O)N[C@H](Cc1ccc(C)cc1)C(=O)N[C@@H](Cc1ccc(O)cc1)C(=O)O. The number of rotatable bonds is 28. The molecule has 68 heavy (non-hydrogen) atoms. The average Bonchev–Trinajstić information content (AvgIpc) is 3.79. The summed E-state index contributed by atoms with van der Waals surface area (Å²) < 4.78 is 7.34. The Morgan fingerprint density at radius 2 is 1.29 bits per heavy atom. The van der Waals surface area contributed by atoms with Gasteiger partial charge in [0.05, 0.1) is 31.2 Å². The monoisotopic (exact) mass is 930 g/mol. The average molecular weight is 930 g/mol. The number of hydrogen-bond acceptors (Lipinski definition) is 9. The number of methoxy groups -OCH3 is 1. The number of carbonyl (C=O) groups excluding carboxylic acids is 4. The number of amides is 4. The number of imidazole rings is 1. The third kappa shape index (κ3) is 16.7. The third-order valence-corrected chi connectivity index (χ3v) is 11.8. The molecule has 0 radical (unpaired) electrons. The predicted octanol–water partition coefficient (Wildman–Crippen LogP) is 6.08. The fourth-order valence-electron chi connectivity index (χ4n) is 7.91. The topological polar surface area (TPSA) is 227 Å². The van der Waals surface area contributed by atoms with Crippen molar-refractivity contribution in [1.82, 2.24) is 30.8 Å². The van der Waals surface area contributed by atoms with E-state index in [-0.39, 0.29) is 43.4 Å². The Hall–Kier alpha value is -7.00. The first kappa shape index (κ1) is 52.0. The molecule has 1 unspecified atom stereocenters. The summed E-state index contributed by atoms with van der Waals surface area (Å²) in [7, 11) is 1.61. The highest BCUT2D eigenvalue weighted by Gasteiger charge is 2.31. The molecule has 362 valence electrons. The molecular weight excluding hydrogens is 863 g/mol. The van der Waals surface area contributed by atoms with Crippen LogP contribution in [0.3, 0.4) is 0 Å². The van der Waals surface area contributed by atoms with E-state index in [9.17, 15) is 34.2 Å². The number of phenolic OH excluding ortho intramolecular Hbond substituents is 1. The zero-order chi connectivity index (χ0) is 48.8. The number of unbranched alkanes of at least 4 members (excludes halogenated alkanes) is 5. The Balaban J connectivity index is 1.31. The third-order valence-electron chi connectivity index (χ3n) is 11.8. The van der Waals surface area contributed by atoms with E-state index in [0.717, 1.165) is 54.5 Å². The second-order valence-electron chi connectivity index (χ2n) is 17.3. The molecule has 1 aromatic heterocycles. The molecule has 8 N–H and O–H groups in total.